The van der Waals surface area contributed by atoms with Crippen molar-refractivity contribution >= 4 is 28.9 Å². The van der Waals surface area contributed by atoms with Crippen LogP contribution in [0.25, 0.3) is 0 Å². The molecule has 1 aliphatic heterocycles. The fraction of sp³-hybridized carbons (Fsp3) is 0.294. The Morgan fingerprint density at radius 2 is 1.96 bits per heavy atom. The molecule has 0 atom stereocenters. The first-order valence-electron chi connectivity index (χ1n) is 7.53. The quantitative estimate of drug-likeness (QED) is 0.841. The number of rotatable bonds is 4. The fourth-order valence-corrected chi connectivity index (χ4v) is 2.91. The summed E-state index contributed by atoms with van der Waals surface area (Å²) in [6.45, 7) is 1.64. The number of nitrogens with one attached hydrogen (secondary N) is 1. The number of carbonyl (C=O) groups is 1. The standard InChI is InChI=1S/C17H18ClN3O2/c18-16-9-15(14(10-20-16)17(19)22)21-13-3-1-11(2-4-13)12-5-7-23-8-6-12/h1-4,9-10,12H,5-8H2,(H2,19,22)(H,20,21). The molecule has 1 aromatic heterocycles. The largest absolute Gasteiger partial charge is 0.381 e. The van der Waals surface area contributed by atoms with Gasteiger partial charge in [-0.2, -0.15) is 0 Å². The Kier molecular flexibility index (Phi) is 4.79. The molecule has 6 heteroatoms. The van der Waals surface area contributed by atoms with Crippen LogP contribution in [0.3, 0.4) is 0 Å². The number of amides is 1. The highest BCUT2D eigenvalue weighted by atomic mass is 35.5. The van der Waals surface area contributed by atoms with Gasteiger partial charge in [0.15, 0.2) is 0 Å². The summed E-state index contributed by atoms with van der Waals surface area (Å²) in [6.07, 6.45) is 3.49. The van der Waals surface area contributed by atoms with E-state index in [0.29, 0.717) is 22.3 Å². The number of nitrogens with zero attached hydrogens (tertiary/aromatic N) is 1. The minimum Gasteiger partial charge on any atom is -0.381 e. The number of nitrogens with two attached hydrogens (primary N) is 1. The lowest BCUT2D eigenvalue weighted by atomic mass is 9.92. The first-order chi connectivity index (χ1) is 11.1. The lowest BCUT2D eigenvalue weighted by Gasteiger charge is -2.22. The lowest BCUT2D eigenvalue weighted by Crippen LogP contribution is -2.14. The number of aromatic nitrogens is 1. The van der Waals surface area contributed by atoms with Crippen LogP contribution in [0.5, 0.6) is 0 Å². The maximum absolute atomic E-state index is 11.5. The number of carbonyl (C=O) groups excluding carboxylic acids is 1. The molecule has 120 valence electrons. The third-order valence-corrected chi connectivity index (χ3v) is 4.23. The van der Waals surface area contributed by atoms with Crippen LogP contribution in [0, 0.1) is 0 Å². The van der Waals surface area contributed by atoms with Gasteiger partial charge in [0.05, 0.1) is 11.3 Å². The lowest BCUT2D eigenvalue weighted by molar-refractivity contribution is 0.0853. The number of hydrogen-bond donors (Lipinski definition) is 2. The monoisotopic (exact) mass is 331 g/mol. The molecule has 0 unspecified atom stereocenters. The van der Waals surface area contributed by atoms with Gasteiger partial charge in [-0.15, -0.1) is 0 Å². The summed E-state index contributed by atoms with van der Waals surface area (Å²) < 4.78 is 5.40. The van der Waals surface area contributed by atoms with Crippen LogP contribution in [-0.4, -0.2) is 24.1 Å². The van der Waals surface area contributed by atoms with Crippen molar-refractivity contribution in [2.45, 2.75) is 18.8 Å². The van der Waals surface area contributed by atoms with Crippen LogP contribution in [0.15, 0.2) is 36.5 Å². The van der Waals surface area contributed by atoms with E-state index in [1.54, 1.807) is 6.07 Å². The van der Waals surface area contributed by atoms with Crippen molar-refractivity contribution in [1.29, 1.82) is 0 Å². The second-order valence-corrected chi connectivity index (χ2v) is 5.94. The molecule has 0 spiro atoms. The molecule has 1 fully saturated rings. The molecule has 0 bridgehead atoms. The van der Waals surface area contributed by atoms with Crippen molar-refractivity contribution in [1.82, 2.24) is 4.98 Å². The van der Waals surface area contributed by atoms with Crippen LogP contribution in [0.2, 0.25) is 5.15 Å². The van der Waals surface area contributed by atoms with Gasteiger partial charge in [-0.25, -0.2) is 4.98 Å². The second-order valence-electron chi connectivity index (χ2n) is 5.55. The SMILES string of the molecule is NC(=O)c1cnc(Cl)cc1Nc1ccc(C2CCOCC2)cc1. The molecule has 0 radical (unpaired) electrons. The number of hydrogen-bond acceptors (Lipinski definition) is 4. The first kappa shape index (κ1) is 15.8. The topological polar surface area (TPSA) is 77.2 Å². The predicted molar refractivity (Wildman–Crippen MR) is 90.3 cm³/mol. The van der Waals surface area contributed by atoms with Gasteiger partial charge in [0, 0.05) is 25.1 Å². The second kappa shape index (κ2) is 6.98. The third-order valence-electron chi connectivity index (χ3n) is 4.02. The summed E-state index contributed by atoms with van der Waals surface area (Å²) >= 11 is 5.90. The van der Waals surface area contributed by atoms with Gasteiger partial charge in [-0.3, -0.25) is 4.79 Å². The Bertz CT molecular complexity index is 697. The molecule has 0 aliphatic carbocycles. The van der Waals surface area contributed by atoms with E-state index in [1.165, 1.54) is 11.8 Å². The van der Waals surface area contributed by atoms with Gasteiger partial charge in [0.2, 0.25) is 0 Å². The van der Waals surface area contributed by atoms with Gasteiger partial charge in [-0.05, 0) is 42.5 Å². The molecule has 1 aliphatic rings. The van der Waals surface area contributed by atoms with Crippen molar-refractivity contribution in [2.75, 3.05) is 18.5 Å². The molecular weight excluding hydrogens is 314 g/mol. The van der Waals surface area contributed by atoms with Crippen LogP contribution < -0.4 is 11.1 Å². The number of halogens is 1. The van der Waals surface area contributed by atoms with E-state index in [2.05, 4.69) is 22.4 Å². The summed E-state index contributed by atoms with van der Waals surface area (Å²) in [6, 6.07) is 9.78. The highest BCUT2D eigenvalue weighted by molar-refractivity contribution is 6.29. The smallest absolute Gasteiger partial charge is 0.252 e. The molecule has 3 rings (SSSR count). The minimum absolute atomic E-state index is 0.302. The number of anilines is 2. The molecule has 5 nitrogen and oxygen atoms in total. The zero-order valence-corrected chi connectivity index (χ0v) is 13.3. The molecule has 1 aromatic carbocycles. The zero-order valence-electron chi connectivity index (χ0n) is 12.6. The van der Waals surface area contributed by atoms with Crippen LogP contribution in [0.4, 0.5) is 11.4 Å². The Morgan fingerprint density at radius 3 is 2.61 bits per heavy atom. The van der Waals surface area contributed by atoms with Crippen LogP contribution in [0.1, 0.15) is 34.7 Å². The molecule has 2 aromatic rings. The van der Waals surface area contributed by atoms with E-state index < -0.39 is 5.91 Å². The third kappa shape index (κ3) is 3.81. The van der Waals surface area contributed by atoms with Gasteiger partial charge in [-0.1, -0.05) is 23.7 Å². The summed E-state index contributed by atoms with van der Waals surface area (Å²) in [4.78, 5) is 15.4. The van der Waals surface area contributed by atoms with E-state index >= 15 is 0 Å². The van der Waals surface area contributed by atoms with Gasteiger partial charge < -0.3 is 15.8 Å². The molecule has 2 heterocycles. The Labute approximate surface area is 139 Å². The molecule has 0 saturated carbocycles. The maximum Gasteiger partial charge on any atom is 0.252 e. The van der Waals surface area contributed by atoms with Crippen molar-refractivity contribution in [3.8, 4) is 0 Å². The number of ether oxygens (including phenoxy) is 1. The number of benzene rings is 1. The summed E-state index contributed by atoms with van der Waals surface area (Å²) in [5.74, 6) is 0.00448. The van der Waals surface area contributed by atoms with E-state index in [1.807, 2.05) is 12.1 Å². The summed E-state index contributed by atoms with van der Waals surface area (Å²) in [7, 11) is 0. The molecule has 1 amide bonds. The average Bonchev–Trinajstić information content (AvgIpc) is 2.56. The fourth-order valence-electron chi connectivity index (χ4n) is 2.75. The zero-order chi connectivity index (χ0) is 16.2. The van der Waals surface area contributed by atoms with Crippen molar-refractivity contribution < 1.29 is 9.53 Å². The first-order valence-corrected chi connectivity index (χ1v) is 7.91. The van der Waals surface area contributed by atoms with Crippen molar-refractivity contribution in [3.63, 3.8) is 0 Å². The highest BCUT2D eigenvalue weighted by Crippen LogP contribution is 2.29. The van der Waals surface area contributed by atoms with E-state index in [9.17, 15) is 4.79 Å². The normalized spacial score (nSPS) is 15.3. The average molecular weight is 332 g/mol. The van der Waals surface area contributed by atoms with Crippen molar-refractivity contribution in [2.24, 2.45) is 5.73 Å². The minimum atomic E-state index is -0.546. The Morgan fingerprint density at radius 1 is 1.26 bits per heavy atom. The van der Waals surface area contributed by atoms with Crippen molar-refractivity contribution in [3.05, 3.63) is 52.8 Å². The van der Waals surface area contributed by atoms with E-state index in [0.717, 1.165) is 31.7 Å². The molecule has 3 N–H and O–H groups in total. The number of pyridine rings is 1. The Balaban J connectivity index is 1.78. The predicted octanol–water partition coefficient (Wildman–Crippen LogP) is 3.47. The van der Waals surface area contributed by atoms with Gasteiger partial charge >= 0.3 is 0 Å². The summed E-state index contributed by atoms with van der Waals surface area (Å²) in [5.41, 5.74) is 8.40. The van der Waals surface area contributed by atoms with E-state index in [4.69, 9.17) is 22.1 Å². The van der Waals surface area contributed by atoms with Crippen LogP contribution in [-0.2, 0) is 4.74 Å². The van der Waals surface area contributed by atoms with Crippen LogP contribution >= 0.6 is 11.6 Å². The van der Waals surface area contributed by atoms with Gasteiger partial charge in [0.25, 0.3) is 5.91 Å². The van der Waals surface area contributed by atoms with E-state index in [-0.39, 0.29) is 0 Å². The molecule has 23 heavy (non-hydrogen) atoms. The highest BCUT2D eigenvalue weighted by Gasteiger charge is 2.16. The summed E-state index contributed by atoms with van der Waals surface area (Å²) in [5, 5.41) is 3.48. The number of primary amides is 1. The molecule has 1 saturated heterocycles. The van der Waals surface area contributed by atoms with Gasteiger partial charge in [0.1, 0.15) is 5.15 Å². The molecular formula is C17H18ClN3O2. The Hall–Kier alpha value is -2.11. The maximum atomic E-state index is 11.5.